The van der Waals surface area contributed by atoms with Crippen LogP contribution in [-0.2, 0) is 14.3 Å². The first kappa shape index (κ1) is 15.7. The Morgan fingerprint density at radius 1 is 1.35 bits per heavy atom. The highest BCUT2D eigenvalue weighted by Gasteiger charge is 2.19. The van der Waals surface area contributed by atoms with Crippen LogP contribution in [0.4, 0.5) is 0 Å². The van der Waals surface area contributed by atoms with E-state index in [1.165, 1.54) is 20.3 Å². The molecule has 0 saturated heterocycles. The van der Waals surface area contributed by atoms with Crippen LogP contribution in [0.3, 0.4) is 0 Å². The van der Waals surface area contributed by atoms with Crippen molar-refractivity contribution in [2.24, 2.45) is 0 Å². The van der Waals surface area contributed by atoms with Gasteiger partial charge in [-0.15, -0.1) is 0 Å². The van der Waals surface area contributed by atoms with Crippen molar-refractivity contribution in [1.82, 2.24) is 5.32 Å². The molecule has 0 radical (unpaired) electrons. The summed E-state index contributed by atoms with van der Waals surface area (Å²) in [5.41, 5.74) is 0.726. The lowest BCUT2D eigenvalue weighted by atomic mass is 10.2. The lowest BCUT2D eigenvalue weighted by Gasteiger charge is -2.12. The minimum absolute atomic E-state index is 0.514. The van der Waals surface area contributed by atoms with E-state index in [4.69, 9.17) is 9.84 Å². The third-order valence-electron chi connectivity index (χ3n) is 2.54. The zero-order valence-corrected chi connectivity index (χ0v) is 11.3. The maximum Gasteiger partial charge on any atom is 0.330 e. The number of hydrogen-bond donors (Lipinski definition) is 2. The second-order valence-electron chi connectivity index (χ2n) is 3.84. The predicted octanol–water partition coefficient (Wildman–Crippen LogP) is 0.358. The summed E-state index contributed by atoms with van der Waals surface area (Å²) in [6.07, 6.45) is 2.81. The first-order chi connectivity index (χ1) is 9.62. The van der Waals surface area contributed by atoms with E-state index in [9.17, 15) is 9.59 Å². The van der Waals surface area contributed by atoms with Crippen LogP contribution in [0.25, 0.3) is 6.08 Å². The first-order valence-corrected chi connectivity index (χ1v) is 5.92. The number of amides is 1. The van der Waals surface area contributed by atoms with E-state index >= 15 is 0 Å². The van der Waals surface area contributed by atoms with Gasteiger partial charge in [0.05, 0.1) is 20.8 Å². The van der Waals surface area contributed by atoms with Crippen LogP contribution < -0.4 is 10.1 Å². The Morgan fingerprint density at radius 3 is 2.65 bits per heavy atom. The van der Waals surface area contributed by atoms with Crippen LogP contribution in [-0.4, -0.2) is 43.9 Å². The first-order valence-electron chi connectivity index (χ1n) is 5.92. The topological polar surface area (TPSA) is 84.9 Å². The molecule has 1 amide bonds. The van der Waals surface area contributed by atoms with Gasteiger partial charge in [0.15, 0.2) is 6.04 Å². The van der Waals surface area contributed by atoms with Crippen molar-refractivity contribution in [3.05, 3.63) is 35.9 Å². The molecule has 6 nitrogen and oxygen atoms in total. The Balaban J connectivity index is 2.70. The fourth-order valence-electron chi connectivity index (χ4n) is 1.51. The van der Waals surface area contributed by atoms with Crippen molar-refractivity contribution >= 4 is 18.0 Å². The number of aliphatic hydroxyl groups is 1. The van der Waals surface area contributed by atoms with Gasteiger partial charge in [-0.3, -0.25) is 4.79 Å². The summed E-state index contributed by atoms with van der Waals surface area (Å²) >= 11 is 0. The number of carbonyl (C=O) groups excluding carboxylic acids is 2. The van der Waals surface area contributed by atoms with E-state index in [1.54, 1.807) is 18.2 Å². The molecular weight excluding hydrogens is 262 g/mol. The highest BCUT2D eigenvalue weighted by Crippen LogP contribution is 2.18. The molecule has 0 bridgehead atoms. The SMILES string of the molecule is COC(=O)[C@@H](CO)NC(=O)/C=C/c1ccccc1OC. The van der Waals surface area contributed by atoms with Crippen molar-refractivity contribution in [2.45, 2.75) is 6.04 Å². The van der Waals surface area contributed by atoms with Crippen molar-refractivity contribution in [1.29, 1.82) is 0 Å². The molecule has 0 aromatic heterocycles. The molecule has 0 fully saturated rings. The summed E-state index contributed by atoms with van der Waals surface area (Å²) in [6.45, 7) is -0.527. The fraction of sp³-hybridized carbons (Fsp3) is 0.286. The van der Waals surface area contributed by atoms with E-state index in [0.29, 0.717) is 5.75 Å². The summed E-state index contributed by atoms with van der Waals surface area (Å²) < 4.78 is 9.58. The smallest absolute Gasteiger partial charge is 0.330 e. The van der Waals surface area contributed by atoms with Gasteiger partial charge in [0, 0.05) is 11.6 Å². The van der Waals surface area contributed by atoms with Crippen LogP contribution in [0.15, 0.2) is 30.3 Å². The van der Waals surface area contributed by atoms with Gasteiger partial charge in [0.1, 0.15) is 5.75 Å². The third kappa shape index (κ3) is 4.40. The molecule has 0 spiro atoms. The Kier molecular flexibility index (Phi) is 6.25. The van der Waals surface area contributed by atoms with Crippen molar-refractivity contribution < 1.29 is 24.2 Å². The van der Waals surface area contributed by atoms with E-state index in [2.05, 4.69) is 10.1 Å². The van der Waals surface area contributed by atoms with E-state index < -0.39 is 24.5 Å². The number of esters is 1. The van der Waals surface area contributed by atoms with Gasteiger partial charge in [-0.1, -0.05) is 18.2 Å². The molecule has 0 aliphatic rings. The van der Waals surface area contributed by atoms with E-state index in [0.717, 1.165) is 5.56 Å². The maximum atomic E-state index is 11.6. The molecule has 0 heterocycles. The number of aliphatic hydroxyl groups excluding tert-OH is 1. The molecule has 2 N–H and O–H groups in total. The van der Waals surface area contributed by atoms with Gasteiger partial charge >= 0.3 is 5.97 Å². The average Bonchev–Trinajstić information content (AvgIpc) is 2.49. The maximum absolute atomic E-state index is 11.6. The van der Waals surface area contributed by atoms with Crippen LogP contribution in [0.5, 0.6) is 5.75 Å². The summed E-state index contributed by atoms with van der Waals surface area (Å²) in [4.78, 5) is 22.9. The molecule has 20 heavy (non-hydrogen) atoms. The zero-order chi connectivity index (χ0) is 15.0. The van der Waals surface area contributed by atoms with Gasteiger partial charge < -0.3 is 19.9 Å². The molecule has 1 aromatic rings. The molecule has 0 aliphatic carbocycles. The molecule has 0 saturated carbocycles. The molecule has 1 atom stereocenters. The summed E-state index contributed by atoms with van der Waals surface area (Å²) in [5.74, 6) is -0.588. The number of carbonyl (C=O) groups is 2. The number of ether oxygens (including phenoxy) is 2. The third-order valence-corrected chi connectivity index (χ3v) is 2.54. The van der Waals surface area contributed by atoms with E-state index in [-0.39, 0.29) is 0 Å². The normalized spacial score (nSPS) is 11.9. The van der Waals surface area contributed by atoms with Gasteiger partial charge in [-0.25, -0.2) is 4.79 Å². The molecule has 0 aliphatic heterocycles. The average molecular weight is 279 g/mol. The Morgan fingerprint density at radius 2 is 2.05 bits per heavy atom. The minimum atomic E-state index is -1.07. The lowest BCUT2D eigenvalue weighted by Crippen LogP contribution is -2.43. The van der Waals surface area contributed by atoms with Crippen molar-refractivity contribution in [3.8, 4) is 5.75 Å². The number of para-hydroxylation sites is 1. The Labute approximate surface area is 117 Å². The number of hydrogen-bond acceptors (Lipinski definition) is 5. The van der Waals surface area contributed by atoms with Crippen LogP contribution in [0.2, 0.25) is 0 Å². The highest BCUT2D eigenvalue weighted by atomic mass is 16.5. The molecule has 6 heteroatoms. The van der Waals surface area contributed by atoms with Gasteiger partial charge in [-0.05, 0) is 12.1 Å². The summed E-state index contributed by atoms with van der Waals surface area (Å²) in [7, 11) is 2.72. The largest absolute Gasteiger partial charge is 0.496 e. The lowest BCUT2D eigenvalue weighted by molar-refractivity contribution is -0.145. The minimum Gasteiger partial charge on any atom is -0.496 e. The number of methoxy groups -OCH3 is 2. The quantitative estimate of drug-likeness (QED) is 0.580. The monoisotopic (exact) mass is 279 g/mol. The van der Waals surface area contributed by atoms with Crippen LogP contribution in [0.1, 0.15) is 5.56 Å². The molecule has 0 unspecified atom stereocenters. The second-order valence-corrected chi connectivity index (χ2v) is 3.84. The molecule has 1 aromatic carbocycles. The van der Waals surface area contributed by atoms with Crippen molar-refractivity contribution in [2.75, 3.05) is 20.8 Å². The van der Waals surface area contributed by atoms with Gasteiger partial charge in [0.2, 0.25) is 5.91 Å². The van der Waals surface area contributed by atoms with Gasteiger partial charge in [-0.2, -0.15) is 0 Å². The number of rotatable bonds is 6. The summed E-state index contributed by atoms with van der Waals surface area (Å²) in [5, 5.41) is 11.3. The predicted molar refractivity (Wildman–Crippen MR) is 73.1 cm³/mol. The molecular formula is C14H17NO5. The van der Waals surface area contributed by atoms with E-state index in [1.807, 2.05) is 12.1 Å². The molecule has 108 valence electrons. The zero-order valence-electron chi connectivity index (χ0n) is 11.3. The standard InChI is InChI=1S/C14H17NO5/c1-19-12-6-4-3-5-10(12)7-8-13(17)15-11(9-16)14(18)20-2/h3-8,11,16H,9H2,1-2H3,(H,15,17)/b8-7+/t11-/m1/s1. The number of benzene rings is 1. The van der Waals surface area contributed by atoms with Crippen LogP contribution in [0, 0.1) is 0 Å². The number of nitrogens with one attached hydrogen (secondary N) is 1. The fourth-order valence-corrected chi connectivity index (χ4v) is 1.51. The highest BCUT2D eigenvalue weighted by molar-refractivity contribution is 5.94. The van der Waals surface area contributed by atoms with Gasteiger partial charge in [0.25, 0.3) is 0 Å². The second kappa shape index (κ2) is 7.96. The molecule has 1 rings (SSSR count). The Hall–Kier alpha value is -2.34. The Bertz CT molecular complexity index is 498. The summed E-state index contributed by atoms with van der Waals surface area (Å²) in [6, 6.07) is 6.10. The van der Waals surface area contributed by atoms with Crippen LogP contribution >= 0.6 is 0 Å². The van der Waals surface area contributed by atoms with Crippen molar-refractivity contribution in [3.63, 3.8) is 0 Å².